The first kappa shape index (κ1) is 12.0. The van der Waals surface area contributed by atoms with E-state index in [0.717, 1.165) is 0 Å². The Labute approximate surface area is 93.2 Å². The number of esters is 1. The van der Waals surface area contributed by atoms with Crippen LogP contribution in [0.4, 0.5) is 0 Å². The van der Waals surface area contributed by atoms with Crippen LogP contribution >= 0.6 is 0 Å². The average Bonchev–Trinajstić information content (AvgIpc) is 2.20. The van der Waals surface area contributed by atoms with Gasteiger partial charge in [-0.3, -0.25) is 0 Å². The molecule has 16 heavy (non-hydrogen) atoms. The van der Waals surface area contributed by atoms with Crippen LogP contribution in [0.1, 0.15) is 22.8 Å². The number of rotatable bonds is 3. The lowest BCUT2D eigenvalue weighted by Crippen LogP contribution is -2.10. The van der Waals surface area contributed by atoms with Crippen molar-refractivity contribution in [3.63, 3.8) is 0 Å². The maximum Gasteiger partial charge on any atom is 0.338 e. The molecule has 0 aliphatic carbocycles. The van der Waals surface area contributed by atoms with Gasteiger partial charge in [-0.05, 0) is 31.5 Å². The number of carbonyl (C=O) groups excluding carboxylic acids is 1. The van der Waals surface area contributed by atoms with Gasteiger partial charge in [0.1, 0.15) is 5.75 Å². The second-order valence-electron chi connectivity index (χ2n) is 3.46. The summed E-state index contributed by atoms with van der Waals surface area (Å²) < 4.78 is 5.00. The van der Waals surface area contributed by atoms with E-state index in [2.05, 4.69) is 6.58 Å². The monoisotopic (exact) mass is 220 g/mol. The van der Waals surface area contributed by atoms with Crippen LogP contribution in [0.5, 0.6) is 5.75 Å². The van der Waals surface area contributed by atoms with Gasteiger partial charge in [-0.15, -0.1) is 0 Å². The quantitative estimate of drug-likeness (QED) is 0.481. The summed E-state index contributed by atoms with van der Waals surface area (Å²) in [6, 6.07) is 4.36. The van der Waals surface area contributed by atoms with Gasteiger partial charge in [0.25, 0.3) is 0 Å². The summed E-state index contributed by atoms with van der Waals surface area (Å²) in [5.74, 6) is -1.38. The van der Waals surface area contributed by atoms with Crippen LogP contribution < -0.4 is 4.74 Å². The number of ether oxygens (including phenoxy) is 1. The zero-order valence-corrected chi connectivity index (χ0v) is 9.11. The van der Waals surface area contributed by atoms with E-state index < -0.39 is 11.9 Å². The summed E-state index contributed by atoms with van der Waals surface area (Å²) in [5, 5.41) is 8.79. The van der Waals surface area contributed by atoms with Crippen LogP contribution in [-0.2, 0) is 4.79 Å². The Balaban J connectivity index is 3.03. The molecule has 1 aromatic rings. The van der Waals surface area contributed by atoms with Gasteiger partial charge >= 0.3 is 11.9 Å². The van der Waals surface area contributed by atoms with Crippen molar-refractivity contribution in [2.45, 2.75) is 13.8 Å². The molecule has 4 nitrogen and oxygen atoms in total. The molecule has 0 aliphatic rings. The lowest BCUT2D eigenvalue weighted by atomic mass is 10.1. The molecule has 0 saturated carbocycles. The maximum atomic E-state index is 11.3. The fraction of sp³-hybridized carbons (Fsp3) is 0.167. The van der Waals surface area contributed by atoms with Crippen molar-refractivity contribution < 1.29 is 19.4 Å². The molecule has 0 saturated heterocycles. The SMILES string of the molecule is C=C(C)C(=O)Oc1cc(C(=O)O)ccc1C. The summed E-state index contributed by atoms with van der Waals surface area (Å²) in [6.45, 7) is 6.70. The van der Waals surface area contributed by atoms with Crippen molar-refractivity contribution in [1.82, 2.24) is 0 Å². The summed E-state index contributed by atoms with van der Waals surface area (Å²) >= 11 is 0. The second kappa shape index (κ2) is 4.61. The average molecular weight is 220 g/mol. The molecule has 0 spiro atoms. The van der Waals surface area contributed by atoms with Crippen LogP contribution in [0.3, 0.4) is 0 Å². The topological polar surface area (TPSA) is 63.6 Å². The minimum atomic E-state index is -1.06. The Kier molecular flexibility index (Phi) is 3.45. The van der Waals surface area contributed by atoms with E-state index in [-0.39, 0.29) is 16.9 Å². The smallest absolute Gasteiger partial charge is 0.338 e. The van der Waals surface area contributed by atoms with Gasteiger partial charge in [0.2, 0.25) is 0 Å². The van der Waals surface area contributed by atoms with Gasteiger partial charge in [-0.25, -0.2) is 9.59 Å². The summed E-state index contributed by atoms with van der Waals surface area (Å²) in [5.41, 5.74) is 1.04. The molecule has 0 fully saturated rings. The Morgan fingerprint density at radius 3 is 2.50 bits per heavy atom. The fourth-order valence-electron chi connectivity index (χ4n) is 1.03. The van der Waals surface area contributed by atoms with Crippen LogP contribution in [0.25, 0.3) is 0 Å². The van der Waals surface area contributed by atoms with Gasteiger partial charge in [-0.2, -0.15) is 0 Å². The van der Waals surface area contributed by atoms with E-state index in [1.54, 1.807) is 13.0 Å². The Hall–Kier alpha value is -2.10. The maximum absolute atomic E-state index is 11.3. The summed E-state index contributed by atoms with van der Waals surface area (Å²) in [4.78, 5) is 22.0. The first-order chi connectivity index (χ1) is 7.41. The third kappa shape index (κ3) is 2.70. The molecule has 0 bridgehead atoms. The predicted octanol–water partition coefficient (Wildman–Crippen LogP) is 2.17. The minimum absolute atomic E-state index is 0.0788. The van der Waals surface area contributed by atoms with Crippen LogP contribution in [-0.4, -0.2) is 17.0 Å². The molecule has 0 radical (unpaired) electrons. The number of carboxylic acids is 1. The fourth-order valence-corrected chi connectivity index (χ4v) is 1.03. The molecule has 1 aromatic carbocycles. The lowest BCUT2D eigenvalue weighted by Gasteiger charge is -2.07. The molecule has 0 aliphatic heterocycles. The highest BCUT2D eigenvalue weighted by Gasteiger charge is 2.11. The molecule has 0 unspecified atom stereocenters. The number of carboxylic acid groups (broad SMARTS) is 1. The van der Waals surface area contributed by atoms with Crippen molar-refractivity contribution in [2.24, 2.45) is 0 Å². The first-order valence-corrected chi connectivity index (χ1v) is 4.63. The normalized spacial score (nSPS) is 9.62. The number of hydrogen-bond acceptors (Lipinski definition) is 3. The molecule has 0 atom stereocenters. The zero-order chi connectivity index (χ0) is 12.3. The summed E-state index contributed by atoms with van der Waals surface area (Å²) in [7, 11) is 0. The molecule has 84 valence electrons. The molecular formula is C12H12O4. The number of benzene rings is 1. The molecule has 4 heteroatoms. The van der Waals surface area contributed by atoms with Gasteiger partial charge in [0, 0.05) is 5.57 Å². The van der Waals surface area contributed by atoms with Crippen molar-refractivity contribution in [2.75, 3.05) is 0 Å². The molecule has 0 aromatic heterocycles. The largest absolute Gasteiger partial charge is 0.478 e. The highest BCUT2D eigenvalue weighted by Crippen LogP contribution is 2.20. The van der Waals surface area contributed by atoms with E-state index in [1.807, 2.05) is 0 Å². The van der Waals surface area contributed by atoms with Crippen molar-refractivity contribution in [3.05, 3.63) is 41.5 Å². The van der Waals surface area contributed by atoms with Gasteiger partial charge in [0.05, 0.1) is 5.56 Å². The number of carbonyl (C=O) groups is 2. The van der Waals surface area contributed by atoms with Crippen LogP contribution in [0.2, 0.25) is 0 Å². The summed E-state index contributed by atoms with van der Waals surface area (Å²) in [6.07, 6.45) is 0. The molecule has 0 heterocycles. The van der Waals surface area contributed by atoms with E-state index >= 15 is 0 Å². The van der Waals surface area contributed by atoms with Gasteiger partial charge in [0.15, 0.2) is 0 Å². The Bertz CT molecular complexity index is 460. The van der Waals surface area contributed by atoms with Gasteiger partial charge < -0.3 is 9.84 Å². The molecule has 1 N–H and O–H groups in total. The van der Waals surface area contributed by atoms with Crippen molar-refractivity contribution >= 4 is 11.9 Å². The van der Waals surface area contributed by atoms with E-state index in [4.69, 9.17) is 9.84 Å². The second-order valence-corrected chi connectivity index (χ2v) is 3.46. The minimum Gasteiger partial charge on any atom is -0.478 e. The molecular weight excluding hydrogens is 208 g/mol. The van der Waals surface area contributed by atoms with Gasteiger partial charge in [-0.1, -0.05) is 12.6 Å². The number of hydrogen-bond donors (Lipinski definition) is 1. The lowest BCUT2D eigenvalue weighted by molar-refractivity contribution is -0.130. The van der Waals surface area contributed by atoms with Crippen molar-refractivity contribution in [1.29, 1.82) is 0 Å². The Morgan fingerprint density at radius 1 is 1.38 bits per heavy atom. The van der Waals surface area contributed by atoms with Crippen LogP contribution in [0, 0.1) is 6.92 Å². The molecule has 1 rings (SSSR count). The van der Waals surface area contributed by atoms with Crippen molar-refractivity contribution in [3.8, 4) is 5.75 Å². The highest BCUT2D eigenvalue weighted by molar-refractivity contribution is 5.91. The van der Waals surface area contributed by atoms with E-state index in [9.17, 15) is 9.59 Å². The predicted molar refractivity (Wildman–Crippen MR) is 58.6 cm³/mol. The van der Waals surface area contributed by atoms with E-state index in [0.29, 0.717) is 5.56 Å². The number of aromatic carboxylic acids is 1. The third-order valence-electron chi connectivity index (χ3n) is 1.99. The van der Waals surface area contributed by atoms with Crippen LogP contribution in [0.15, 0.2) is 30.4 Å². The van der Waals surface area contributed by atoms with E-state index in [1.165, 1.54) is 19.1 Å². The first-order valence-electron chi connectivity index (χ1n) is 4.63. The molecule has 0 amide bonds. The number of aryl methyl sites for hydroxylation is 1. The highest BCUT2D eigenvalue weighted by atomic mass is 16.5. The Morgan fingerprint density at radius 2 is 2.00 bits per heavy atom. The standard InChI is InChI=1S/C12H12O4/c1-7(2)12(15)16-10-6-9(11(13)14)5-4-8(10)3/h4-6H,1H2,2-3H3,(H,13,14). The third-order valence-corrected chi connectivity index (χ3v) is 1.99. The zero-order valence-electron chi connectivity index (χ0n) is 9.11.